The molecule has 0 atom stereocenters. The Balaban J connectivity index is 1.63. The highest BCUT2D eigenvalue weighted by Crippen LogP contribution is 2.28. The van der Waals surface area contributed by atoms with Crippen molar-refractivity contribution in [2.45, 2.75) is 46.1 Å². The van der Waals surface area contributed by atoms with Crippen molar-refractivity contribution >= 4 is 17.1 Å². The fourth-order valence-electron chi connectivity index (χ4n) is 3.53. The molecule has 6 heteroatoms. The third-order valence-electron chi connectivity index (χ3n) is 5.21. The Kier molecular flexibility index (Phi) is 5.58. The fourth-order valence-corrected chi connectivity index (χ4v) is 3.53. The molecule has 3 rings (SSSR count). The second-order valence-corrected chi connectivity index (χ2v) is 6.74. The molecule has 0 spiro atoms. The lowest BCUT2D eigenvalue weighted by molar-refractivity contribution is 0.123. The minimum absolute atomic E-state index is 0.556. The minimum atomic E-state index is -0.806. The number of likely N-dealkylation sites (tertiary alicyclic amines) is 1. The highest BCUT2D eigenvalue weighted by molar-refractivity contribution is 5.83. The van der Waals surface area contributed by atoms with Crippen LogP contribution in [0.3, 0.4) is 0 Å². The SMILES string of the molecule is CCOCc1ccc2c(CCC3CCN(C(=O)O)CC3)noc2c1C. The van der Waals surface area contributed by atoms with Crippen LogP contribution < -0.4 is 0 Å². The molecule has 1 aliphatic heterocycles. The molecule has 1 saturated heterocycles. The number of nitrogens with zero attached hydrogens (tertiary/aromatic N) is 2. The summed E-state index contributed by atoms with van der Waals surface area (Å²) in [6, 6.07) is 4.18. The number of hydrogen-bond donors (Lipinski definition) is 1. The molecule has 0 bridgehead atoms. The van der Waals surface area contributed by atoms with Gasteiger partial charge in [-0.2, -0.15) is 0 Å². The van der Waals surface area contributed by atoms with Gasteiger partial charge in [0.15, 0.2) is 5.58 Å². The van der Waals surface area contributed by atoms with E-state index in [1.165, 1.54) is 4.90 Å². The Labute approximate surface area is 147 Å². The maximum absolute atomic E-state index is 11.0. The topological polar surface area (TPSA) is 75.8 Å². The normalized spacial score (nSPS) is 15.8. The van der Waals surface area contributed by atoms with Gasteiger partial charge in [-0.05, 0) is 57.1 Å². The van der Waals surface area contributed by atoms with Crippen molar-refractivity contribution in [1.29, 1.82) is 0 Å². The number of amides is 1. The predicted octanol–water partition coefficient (Wildman–Crippen LogP) is 4.00. The quantitative estimate of drug-likeness (QED) is 0.856. The van der Waals surface area contributed by atoms with Crippen molar-refractivity contribution in [2.75, 3.05) is 19.7 Å². The Morgan fingerprint density at radius 1 is 1.40 bits per heavy atom. The number of carbonyl (C=O) groups is 1. The molecule has 2 aromatic rings. The van der Waals surface area contributed by atoms with Crippen molar-refractivity contribution < 1.29 is 19.2 Å². The lowest BCUT2D eigenvalue weighted by Gasteiger charge is -2.29. The first-order valence-electron chi connectivity index (χ1n) is 9.02. The number of carboxylic acid groups (broad SMARTS) is 1. The van der Waals surface area contributed by atoms with Gasteiger partial charge in [0.05, 0.1) is 12.3 Å². The molecule has 2 heterocycles. The molecular formula is C19H26N2O4. The molecule has 1 aromatic heterocycles. The third kappa shape index (κ3) is 3.95. The van der Waals surface area contributed by atoms with Gasteiger partial charge in [0, 0.05) is 30.6 Å². The number of ether oxygens (including phenoxy) is 1. The number of fused-ring (bicyclic) bond motifs is 1. The van der Waals surface area contributed by atoms with E-state index in [1.807, 2.05) is 13.8 Å². The molecule has 0 saturated carbocycles. The number of rotatable bonds is 6. The summed E-state index contributed by atoms with van der Waals surface area (Å²) in [7, 11) is 0. The lowest BCUT2D eigenvalue weighted by atomic mass is 9.91. The van der Waals surface area contributed by atoms with E-state index in [-0.39, 0.29) is 0 Å². The maximum atomic E-state index is 11.0. The Morgan fingerprint density at radius 2 is 2.16 bits per heavy atom. The van der Waals surface area contributed by atoms with Crippen LogP contribution in [0.2, 0.25) is 0 Å². The first-order chi connectivity index (χ1) is 12.1. The van der Waals surface area contributed by atoms with E-state index in [0.29, 0.717) is 32.2 Å². The van der Waals surface area contributed by atoms with Gasteiger partial charge >= 0.3 is 6.09 Å². The van der Waals surface area contributed by atoms with Gasteiger partial charge in [-0.25, -0.2) is 4.79 Å². The molecule has 6 nitrogen and oxygen atoms in total. The Morgan fingerprint density at radius 3 is 2.84 bits per heavy atom. The highest BCUT2D eigenvalue weighted by Gasteiger charge is 2.23. The zero-order valence-electron chi connectivity index (χ0n) is 15.0. The van der Waals surface area contributed by atoms with Crippen molar-refractivity contribution in [3.63, 3.8) is 0 Å². The van der Waals surface area contributed by atoms with E-state index in [2.05, 4.69) is 17.3 Å². The molecule has 0 unspecified atom stereocenters. The van der Waals surface area contributed by atoms with Crippen molar-refractivity contribution in [2.24, 2.45) is 5.92 Å². The maximum Gasteiger partial charge on any atom is 0.407 e. The number of benzene rings is 1. The average molecular weight is 346 g/mol. The second kappa shape index (κ2) is 7.87. The van der Waals surface area contributed by atoms with Gasteiger partial charge in [-0.3, -0.25) is 0 Å². The van der Waals surface area contributed by atoms with Crippen LogP contribution in [-0.2, 0) is 17.8 Å². The summed E-state index contributed by atoms with van der Waals surface area (Å²) < 4.78 is 11.1. The average Bonchev–Trinajstić information content (AvgIpc) is 3.03. The minimum Gasteiger partial charge on any atom is -0.465 e. The standard InChI is InChI=1S/C19H26N2O4/c1-3-24-12-15-5-6-16-17(20-25-18(16)13(15)2)7-4-14-8-10-21(11-9-14)19(22)23/h5-6,14H,3-4,7-12H2,1-2H3,(H,22,23). The van der Waals surface area contributed by atoms with E-state index in [9.17, 15) is 4.79 Å². The first kappa shape index (κ1) is 17.7. The van der Waals surface area contributed by atoms with Gasteiger partial charge in [0.2, 0.25) is 0 Å². The van der Waals surface area contributed by atoms with Crippen LogP contribution in [0, 0.1) is 12.8 Å². The van der Waals surface area contributed by atoms with Crippen molar-refractivity contribution in [3.05, 3.63) is 29.0 Å². The van der Waals surface area contributed by atoms with Gasteiger partial charge in [-0.1, -0.05) is 11.2 Å². The van der Waals surface area contributed by atoms with Crippen LogP contribution in [0.1, 0.15) is 43.0 Å². The molecular weight excluding hydrogens is 320 g/mol. The first-order valence-corrected chi connectivity index (χ1v) is 9.02. The largest absolute Gasteiger partial charge is 0.465 e. The molecule has 0 radical (unpaired) electrons. The molecule has 1 fully saturated rings. The second-order valence-electron chi connectivity index (χ2n) is 6.74. The monoisotopic (exact) mass is 346 g/mol. The van der Waals surface area contributed by atoms with E-state index in [0.717, 1.165) is 53.5 Å². The predicted molar refractivity (Wildman–Crippen MR) is 94.7 cm³/mol. The Hall–Kier alpha value is -2.08. The smallest absolute Gasteiger partial charge is 0.407 e. The van der Waals surface area contributed by atoms with E-state index >= 15 is 0 Å². The summed E-state index contributed by atoms with van der Waals surface area (Å²) >= 11 is 0. The van der Waals surface area contributed by atoms with E-state index in [4.69, 9.17) is 14.4 Å². The Bertz CT molecular complexity index is 732. The zero-order valence-corrected chi connectivity index (χ0v) is 15.0. The summed E-state index contributed by atoms with van der Waals surface area (Å²) in [6.07, 6.45) is 2.95. The summed E-state index contributed by atoms with van der Waals surface area (Å²) in [4.78, 5) is 12.5. The number of aromatic nitrogens is 1. The number of hydrogen-bond acceptors (Lipinski definition) is 4. The number of aryl methyl sites for hydroxylation is 2. The van der Waals surface area contributed by atoms with Gasteiger partial charge in [-0.15, -0.1) is 0 Å². The van der Waals surface area contributed by atoms with E-state index < -0.39 is 6.09 Å². The lowest BCUT2D eigenvalue weighted by Crippen LogP contribution is -2.37. The molecule has 25 heavy (non-hydrogen) atoms. The summed E-state index contributed by atoms with van der Waals surface area (Å²) in [6.45, 7) is 6.60. The summed E-state index contributed by atoms with van der Waals surface area (Å²) in [5.74, 6) is 0.556. The van der Waals surface area contributed by atoms with Crippen LogP contribution in [0.15, 0.2) is 16.7 Å². The molecule has 0 aliphatic carbocycles. The van der Waals surface area contributed by atoms with Crippen LogP contribution in [-0.4, -0.2) is 41.0 Å². The fraction of sp³-hybridized carbons (Fsp3) is 0.579. The summed E-state index contributed by atoms with van der Waals surface area (Å²) in [5.41, 5.74) is 4.09. The number of piperidine rings is 1. The van der Waals surface area contributed by atoms with E-state index in [1.54, 1.807) is 0 Å². The van der Waals surface area contributed by atoms with Crippen LogP contribution in [0.25, 0.3) is 11.0 Å². The van der Waals surface area contributed by atoms with Gasteiger partial charge < -0.3 is 19.3 Å². The van der Waals surface area contributed by atoms with Gasteiger partial charge in [0.25, 0.3) is 0 Å². The molecule has 136 valence electrons. The van der Waals surface area contributed by atoms with Crippen molar-refractivity contribution in [1.82, 2.24) is 10.1 Å². The molecule has 1 N–H and O–H groups in total. The molecule has 1 aromatic carbocycles. The highest BCUT2D eigenvalue weighted by atomic mass is 16.5. The third-order valence-corrected chi connectivity index (χ3v) is 5.21. The van der Waals surface area contributed by atoms with Gasteiger partial charge in [0.1, 0.15) is 0 Å². The summed E-state index contributed by atoms with van der Waals surface area (Å²) in [5, 5.41) is 14.4. The van der Waals surface area contributed by atoms with Crippen LogP contribution in [0.5, 0.6) is 0 Å². The van der Waals surface area contributed by atoms with Crippen LogP contribution in [0.4, 0.5) is 4.79 Å². The molecule has 1 aliphatic rings. The van der Waals surface area contributed by atoms with Crippen molar-refractivity contribution in [3.8, 4) is 0 Å². The zero-order chi connectivity index (χ0) is 17.8. The molecule has 1 amide bonds. The van der Waals surface area contributed by atoms with Crippen LogP contribution >= 0.6 is 0 Å².